The molecule has 0 aliphatic heterocycles. The fraction of sp³-hybridized carbons (Fsp3) is 0.652. The molecule has 0 atom stereocenters. The van der Waals surface area contributed by atoms with Gasteiger partial charge >= 0.3 is 0 Å². The molecule has 2 N–H and O–H groups in total. The van der Waals surface area contributed by atoms with Crippen molar-refractivity contribution in [1.29, 1.82) is 0 Å². The monoisotopic (exact) mass is 436 g/mol. The Hall–Kier alpha value is -2.02. The van der Waals surface area contributed by atoms with Crippen molar-refractivity contribution in [1.82, 2.24) is 10.6 Å². The zero-order valence-corrected chi connectivity index (χ0v) is 19.4. The van der Waals surface area contributed by atoms with Crippen LogP contribution in [0, 0.1) is 0 Å². The predicted molar refractivity (Wildman–Crippen MR) is 124 cm³/mol. The minimum atomic E-state index is -0.306. The summed E-state index contributed by atoms with van der Waals surface area (Å²) < 4.78 is 16.0. The molecule has 6 nitrogen and oxygen atoms in total. The average Bonchev–Trinajstić information content (AvgIpc) is 2.74. The highest BCUT2D eigenvalue weighted by molar-refractivity contribution is 7.80. The van der Waals surface area contributed by atoms with E-state index in [1.165, 1.54) is 79.1 Å². The van der Waals surface area contributed by atoms with E-state index in [9.17, 15) is 4.79 Å². The molecule has 0 saturated heterocycles. The number of rotatable bonds is 5. The quantitative estimate of drug-likeness (QED) is 0.634. The molecule has 1 aromatic carbocycles. The number of hydrogen-bond donors (Lipinski definition) is 2. The Morgan fingerprint density at radius 2 is 1.30 bits per heavy atom. The van der Waals surface area contributed by atoms with Crippen LogP contribution in [0.1, 0.15) is 81.0 Å². The Morgan fingerprint density at radius 1 is 0.833 bits per heavy atom. The van der Waals surface area contributed by atoms with Gasteiger partial charge in [0.2, 0.25) is 5.75 Å². The fourth-order valence-electron chi connectivity index (χ4n) is 3.92. The first kappa shape index (κ1) is 24.3. The van der Waals surface area contributed by atoms with Crippen molar-refractivity contribution < 1.29 is 19.0 Å². The van der Waals surface area contributed by atoms with E-state index < -0.39 is 0 Å². The molecule has 1 saturated carbocycles. The van der Waals surface area contributed by atoms with Crippen molar-refractivity contribution in [2.75, 3.05) is 21.3 Å². The van der Waals surface area contributed by atoms with Gasteiger partial charge in [-0.3, -0.25) is 10.1 Å². The van der Waals surface area contributed by atoms with E-state index in [4.69, 9.17) is 26.4 Å². The lowest BCUT2D eigenvalue weighted by atomic mass is 9.98. The average molecular weight is 437 g/mol. The molecule has 1 aliphatic rings. The molecule has 1 fully saturated rings. The van der Waals surface area contributed by atoms with Gasteiger partial charge in [0.05, 0.1) is 21.3 Å². The second-order valence-electron chi connectivity index (χ2n) is 7.80. The molecule has 168 valence electrons. The van der Waals surface area contributed by atoms with Crippen molar-refractivity contribution in [2.45, 2.75) is 76.7 Å². The van der Waals surface area contributed by atoms with Crippen LogP contribution >= 0.6 is 12.2 Å². The van der Waals surface area contributed by atoms with Crippen molar-refractivity contribution in [3.05, 3.63) is 17.7 Å². The number of ether oxygens (including phenoxy) is 3. The maximum atomic E-state index is 12.7. The van der Waals surface area contributed by atoms with Crippen LogP contribution in [0.4, 0.5) is 0 Å². The maximum Gasteiger partial charge on any atom is 0.257 e. The van der Waals surface area contributed by atoms with Gasteiger partial charge in [0.1, 0.15) is 0 Å². The summed E-state index contributed by atoms with van der Waals surface area (Å²) in [6.45, 7) is 0. The highest BCUT2D eigenvalue weighted by Crippen LogP contribution is 2.38. The second kappa shape index (κ2) is 13.3. The van der Waals surface area contributed by atoms with Crippen LogP contribution in [0.5, 0.6) is 17.2 Å². The van der Waals surface area contributed by atoms with Crippen LogP contribution in [0.25, 0.3) is 0 Å². The van der Waals surface area contributed by atoms with Crippen LogP contribution in [0.15, 0.2) is 12.1 Å². The number of carbonyl (C=O) groups excluding carboxylic acids is 1. The van der Waals surface area contributed by atoms with Gasteiger partial charge in [-0.25, -0.2) is 0 Å². The Kier molecular flexibility index (Phi) is 10.8. The molecule has 0 bridgehead atoms. The van der Waals surface area contributed by atoms with Crippen molar-refractivity contribution >= 4 is 23.2 Å². The third kappa shape index (κ3) is 7.67. The molecule has 0 spiro atoms. The third-order valence-electron chi connectivity index (χ3n) is 5.59. The topological polar surface area (TPSA) is 68.8 Å². The van der Waals surface area contributed by atoms with Crippen molar-refractivity contribution in [2.24, 2.45) is 0 Å². The lowest BCUT2D eigenvalue weighted by Gasteiger charge is -2.21. The smallest absolute Gasteiger partial charge is 0.257 e. The minimum Gasteiger partial charge on any atom is -0.493 e. The molecule has 30 heavy (non-hydrogen) atoms. The van der Waals surface area contributed by atoms with Gasteiger partial charge in [0.15, 0.2) is 16.6 Å². The number of methoxy groups -OCH3 is 3. The second-order valence-corrected chi connectivity index (χ2v) is 8.21. The molecular formula is C23H36N2O4S. The lowest BCUT2D eigenvalue weighted by Crippen LogP contribution is -2.44. The summed E-state index contributed by atoms with van der Waals surface area (Å²) in [6.07, 6.45) is 13.8. The Bertz CT molecular complexity index is 659. The number of nitrogens with one attached hydrogen (secondary N) is 2. The highest BCUT2D eigenvalue weighted by Gasteiger charge is 2.18. The van der Waals surface area contributed by atoms with Crippen molar-refractivity contribution in [3.63, 3.8) is 0 Å². The summed E-state index contributed by atoms with van der Waals surface area (Å²) in [7, 11) is 4.58. The highest BCUT2D eigenvalue weighted by atomic mass is 32.1. The fourth-order valence-corrected chi connectivity index (χ4v) is 4.18. The Balaban J connectivity index is 1.97. The summed E-state index contributed by atoms with van der Waals surface area (Å²) in [5.74, 6) is 1.01. The number of benzene rings is 1. The summed E-state index contributed by atoms with van der Waals surface area (Å²) in [6, 6.07) is 3.54. The minimum absolute atomic E-state index is 0.303. The first-order chi connectivity index (χ1) is 14.6. The Morgan fingerprint density at radius 3 is 1.73 bits per heavy atom. The standard InChI is InChI=1S/C23H36N2O4S/c1-27-19-15-17(16-20(28-2)21(19)29-3)22(26)25-23(30)24-18-13-11-9-7-5-4-6-8-10-12-14-18/h15-16,18H,4-14H2,1-3H3,(H2,24,25,26,30). The SMILES string of the molecule is COc1cc(C(=O)NC(=S)NC2CCCCCCCCCCC2)cc(OC)c1OC. The summed E-state index contributed by atoms with van der Waals surface area (Å²) in [5.41, 5.74) is 0.396. The van der Waals surface area contributed by atoms with Crippen LogP contribution in [0.3, 0.4) is 0 Å². The molecule has 0 radical (unpaired) electrons. The molecule has 0 aromatic heterocycles. The van der Waals surface area contributed by atoms with E-state index in [0.717, 1.165) is 12.8 Å². The Labute approximate surface area is 186 Å². The molecule has 1 aromatic rings. The predicted octanol–water partition coefficient (Wildman–Crippen LogP) is 4.99. The summed E-state index contributed by atoms with van der Waals surface area (Å²) in [5, 5.41) is 6.53. The van der Waals surface area contributed by atoms with Gasteiger partial charge in [-0.15, -0.1) is 0 Å². The molecule has 0 unspecified atom stereocenters. The van der Waals surface area contributed by atoms with E-state index >= 15 is 0 Å². The normalized spacial score (nSPS) is 16.5. The van der Waals surface area contributed by atoms with Crippen molar-refractivity contribution in [3.8, 4) is 17.2 Å². The van der Waals surface area contributed by atoms with Crippen LogP contribution in [-0.4, -0.2) is 38.4 Å². The zero-order valence-electron chi connectivity index (χ0n) is 18.6. The van der Waals surface area contributed by atoms with E-state index in [1.807, 2.05) is 0 Å². The maximum absolute atomic E-state index is 12.7. The van der Waals surface area contributed by atoms with E-state index in [2.05, 4.69) is 10.6 Å². The van der Waals surface area contributed by atoms with E-state index in [0.29, 0.717) is 34.0 Å². The first-order valence-corrected chi connectivity index (χ1v) is 11.4. The molecule has 0 heterocycles. The number of thiocarbonyl (C=S) groups is 1. The first-order valence-electron chi connectivity index (χ1n) is 11.0. The van der Waals surface area contributed by atoms with Gasteiger partial charge in [-0.05, 0) is 37.2 Å². The van der Waals surface area contributed by atoms with E-state index in [1.54, 1.807) is 12.1 Å². The van der Waals surface area contributed by atoms with Gasteiger partial charge in [-0.1, -0.05) is 57.8 Å². The number of carbonyl (C=O) groups is 1. The molecular weight excluding hydrogens is 400 g/mol. The van der Waals surface area contributed by atoms with Gasteiger partial charge < -0.3 is 19.5 Å². The number of hydrogen-bond acceptors (Lipinski definition) is 5. The third-order valence-corrected chi connectivity index (χ3v) is 5.81. The molecule has 2 rings (SSSR count). The zero-order chi connectivity index (χ0) is 21.8. The molecule has 1 aliphatic carbocycles. The largest absolute Gasteiger partial charge is 0.493 e. The van der Waals surface area contributed by atoms with Gasteiger partial charge in [-0.2, -0.15) is 0 Å². The lowest BCUT2D eigenvalue weighted by molar-refractivity contribution is 0.0975. The molecule has 1 amide bonds. The molecule has 7 heteroatoms. The summed E-state index contributed by atoms with van der Waals surface area (Å²) >= 11 is 5.44. The van der Waals surface area contributed by atoms with Gasteiger partial charge in [0, 0.05) is 11.6 Å². The number of amides is 1. The van der Waals surface area contributed by atoms with Gasteiger partial charge in [0.25, 0.3) is 5.91 Å². The summed E-state index contributed by atoms with van der Waals surface area (Å²) in [4.78, 5) is 12.7. The van der Waals surface area contributed by atoms with Crippen LogP contribution in [0.2, 0.25) is 0 Å². The van der Waals surface area contributed by atoms with Crippen LogP contribution < -0.4 is 24.8 Å². The van der Waals surface area contributed by atoms with E-state index in [-0.39, 0.29) is 5.91 Å². The van der Waals surface area contributed by atoms with Crippen LogP contribution in [-0.2, 0) is 0 Å².